The lowest BCUT2D eigenvalue weighted by atomic mass is 10.1. The van der Waals surface area contributed by atoms with Gasteiger partial charge in [0.15, 0.2) is 0 Å². The molecule has 0 saturated carbocycles. The summed E-state index contributed by atoms with van der Waals surface area (Å²) < 4.78 is 1.41. The third-order valence-corrected chi connectivity index (χ3v) is 4.53. The molecule has 2 saturated heterocycles. The minimum absolute atomic E-state index is 0.359. The van der Waals surface area contributed by atoms with Crippen molar-refractivity contribution in [3.05, 3.63) is 0 Å². The predicted molar refractivity (Wildman–Crippen MR) is 64.6 cm³/mol. The normalized spacial score (nSPS) is 31.6. The van der Waals surface area contributed by atoms with Crippen LogP contribution in [0.5, 0.6) is 0 Å². The molecule has 2 heteroatoms. The van der Waals surface area contributed by atoms with Crippen molar-refractivity contribution in [1.29, 1.82) is 0 Å². The molecule has 0 aliphatic carbocycles. The fourth-order valence-corrected chi connectivity index (χ4v) is 3.41. The number of hydrogen-bond donors (Lipinski definition) is 0. The van der Waals surface area contributed by atoms with Crippen molar-refractivity contribution in [3.8, 4) is 0 Å². The van der Waals surface area contributed by atoms with Crippen molar-refractivity contribution in [2.75, 3.05) is 26.3 Å². The van der Waals surface area contributed by atoms with Crippen molar-refractivity contribution < 1.29 is 4.48 Å². The second-order valence-corrected chi connectivity index (χ2v) is 6.47. The van der Waals surface area contributed by atoms with Crippen LogP contribution in [-0.4, -0.2) is 47.3 Å². The Balaban J connectivity index is 2.13. The highest BCUT2D eigenvalue weighted by molar-refractivity contribution is 4.83. The molecule has 0 aromatic carbocycles. The summed E-state index contributed by atoms with van der Waals surface area (Å²) in [5.74, 6) is 0. The van der Waals surface area contributed by atoms with Crippen LogP contribution in [0.25, 0.3) is 0 Å². The minimum atomic E-state index is 0.359. The van der Waals surface area contributed by atoms with Gasteiger partial charge in [0.25, 0.3) is 0 Å². The van der Waals surface area contributed by atoms with Crippen molar-refractivity contribution in [2.45, 2.75) is 58.5 Å². The number of quaternary nitrogens is 1. The Bertz CT molecular complexity index is 223. The molecule has 0 radical (unpaired) electrons. The highest BCUT2D eigenvalue weighted by atomic mass is 15.5. The fourth-order valence-electron chi connectivity index (χ4n) is 3.41. The van der Waals surface area contributed by atoms with E-state index in [1.807, 2.05) is 0 Å². The molecule has 2 nitrogen and oxygen atoms in total. The molecular formula is C13H27N2+. The van der Waals surface area contributed by atoms with Crippen LogP contribution >= 0.6 is 0 Å². The van der Waals surface area contributed by atoms with E-state index in [9.17, 15) is 0 Å². The zero-order chi connectivity index (χ0) is 11.1. The van der Waals surface area contributed by atoms with Gasteiger partial charge in [-0.05, 0) is 27.2 Å². The largest absolute Gasteiger partial charge is 0.308 e. The van der Waals surface area contributed by atoms with Crippen LogP contribution in [0.2, 0.25) is 0 Å². The third kappa shape index (κ3) is 1.94. The first kappa shape index (κ1) is 11.4. The Labute approximate surface area is 94.8 Å². The average Bonchev–Trinajstić information content (AvgIpc) is 2.73. The van der Waals surface area contributed by atoms with E-state index in [0.717, 1.165) is 6.04 Å². The lowest BCUT2D eigenvalue weighted by Gasteiger charge is -2.36. The molecule has 2 fully saturated rings. The van der Waals surface area contributed by atoms with Crippen LogP contribution in [0, 0.1) is 0 Å². The number of rotatable bonds is 1. The van der Waals surface area contributed by atoms with Gasteiger partial charge in [0.2, 0.25) is 0 Å². The van der Waals surface area contributed by atoms with E-state index >= 15 is 0 Å². The van der Waals surface area contributed by atoms with Crippen LogP contribution in [0.3, 0.4) is 0 Å². The lowest BCUT2D eigenvalue weighted by Crippen LogP contribution is -2.51. The zero-order valence-electron chi connectivity index (χ0n) is 10.9. The maximum Gasteiger partial charge on any atom is 0.135 e. The van der Waals surface area contributed by atoms with Gasteiger partial charge in [-0.15, -0.1) is 0 Å². The van der Waals surface area contributed by atoms with Gasteiger partial charge < -0.3 is 4.48 Å². The molecule has 2 rings (SSSR count). The Morgan fingerprint density at radius 1 is 1.20 bits per heavy atom. The van der Waals surface area contributed by atoms with Crippen molar-refractivity contribution in [2.24, 2.45) is 0 Å². The first-order valence-electron chi connectivity index (χ1n) is 6.59. The highest BCUT2D eigenvalue weighted by Crippen LogP contribution is 2.34. The van der Waals surface area contributed by atoms with Gasteiger partial charge in [-0.3, -0.25) is 0 Å². The topological polar surface area (TPSA) is 3.24 Å². The standard InChI is InChI=1S/C13H27N2/c1-5-12-10-14(13(2,3)4)11-15(12)8-6-7-9-15/h12H,5-11H2,1-4H3/q+1. The second-order valence-electron chi connectivity index (χ2n) is 6.47. The van der Waals surface area contributed by atoms with E-state index in [2.05, 4.69) is 32.6 Å². The smallest absolute Gasteiger partial charge is 0.135 e. The molecule has 2 aliphatic rings. The second kappa shape index (κ2) is 3.74. The Kier molecular flexibility index (Phi) is 2.85. The van der Waals surface area contributed by atoms with E-state index in [4.69, 9.17) is 0 Å². The Morgan fingerprint density at radius 3 is 2.27 bits per heavy atom. The molecule has 0 bridgehead atoms. The molecule has 0 aromatic rings. The van der Waals surface area contributed by atoms with Gasteiger partial charge in [0, 0.05) is 18.4 Å². The van der Waals surface area contributed by atoms with Gasteiger partial charge in [-0.1, -0.05) is 6.92 Å². The summed E-state index contributed by atoms with van der Waals surface area (Å²) in [6, 6.07) is 0.909. The predicted octanol–water partition coefficient (Wildman–Crippen LogP) is 2.45. The molecule has 15 heavy (non-hydrogen) atoms. The number of hydrogen-bond acceptors (Lipinski definition) is 1. The van der Waals surface area contributed by atoms with Crippen LogP contribution in [0.15, 0.2) is 0 Å². The zero-order valence-corrected chi connectivity index (χ0v) is 10.9. The molecule has 1 atom stereocenters. The summed E-state index contributed by atoms with van der Waals surface area (Å²) in [5, 5.41) is 0. The first-order chi connectivity index (χ1) is 6.98. The van der Waals surface area contributed by atoms with Crippen LogP contribution in [0.4, 0.5) is 0 Å². The molecule has 1 unspecified atom stereocenters. The first-order valence-corrected chi connectivity index (χ1v) is 6.59. The monoisotopic (exact) mass is 211 g/mol. The summed E-state index contributed by atoms with van der Waals surface area (Å²) in [6.07, 6.45) is 4.26. The maximum absolute atomic E-state index is 2.70. The molecular weight excluding hydrogens is 184 g/mol. The summed E-state index contributed by atoms with van der Waals surface area (Å²) in [4.78, 5) is 2.70. The van der Waals surface area contributed by atoms with Crippen molar-refractivity contribution in [1.82, 2.24) is 4.90 Å². The van der Waals surface area contributed by atoms with Crippen LogP contribution in [-0.2, 0) is 0 Å². The number of nitrogens with zero attached hydrogens (tertiary/aromatic N) is 2. The molecule has 0 aromatic heterocycles. The van der Waals surface area contributed by atoms with E-state index in [1.54, 1.807) is 0 Å². The molecule has 1 spiro atoms. The Hall–Kier alpha value is -0.0800. The highest BCUT2D eigenvalue weighted by Gasteiger charge is 2.48. The summed E-state index contributed by atoms with van der Waals surface area (Å²) in [6.45, 7) is 14.9. The SMILES string of the molecule is CCC1CN(C(C)(C)C)C[N+]12CCCC2. The van der Waals surface area contributed by atoms with E-state index in [-0.39, 0.29) is 0 Å². The summed E-state index contributed by atoms with van der Waals surface area (Å²) in [5.41, 5.74) is 0.359. The van der Waals surface area contributed by atoms with E-state index in [0.29, 0.717) is 5.54 Å². The molecule has 0 amide bonds. The molecule has 88 valence electrons. The Morgan fingerprint density at radius 2 is 1.80 bits per heavy atom. The average molecular weight is 211 g/mol. The third-order valence-electron chi connectivity index (χ3n) is 4.53. The van der Waals surface area contributed by atoms with E-state index < -0.39 is 0 Å². The fraction of sp³-hybridized carbons (Fsp3) is 1.00. The molecule has 2 aliphatic heterocycles. The van der Waals surface area contributed by atoms with Gasteiger partial charge in [0.05, 0.1) is 19.6 Å². The quantitative estimate of drug-likeness (QED) is 0.602. The lowest BCUT2D eigenvalue weighted by molar-refractivity contribution is -0.932. The van der Waals surface area contributed by atoms with Crippen molar-refractivity contribution >= 4 is 0 Å². The van der Waals surface area contributed by atoms with Crippen LogP contribution in [0.1, 0.15) is 47.0 Å². The van der Waals surface area contributed by atoms with Crippen molar-refractivity contribution in [3.63, 3.8) is 0 Å². The molecule has 2 heterocycles. The minimum Gasteiger partial charge on any atom is -0.308 e. The van der Waals surface area contributed by atoms with Gasteiger partial charge in [-0.25, -0.2) is 4.90 Å². The van der Waals surface area contributed by atoms with Gasteiger partial charge in [-0.2, -0.15) is 0 Å². The van der Waals surface area contributed by atoms with E-state index in [1.165, 1.54) is 50.0 Å². The van der Waals surface area contributed by atoms with Gasteiger partial charge in [0.1, 0.15) is 12.7 Å². The maximum atomic E-state index is 2.70. The summed E-state index contributed by atoms with van der Waals surface area (Å²) in [7, 11) is 0. The summed E-state index contributed by atoms with van der Waals surface area (Å²) >= 11 is 0. The van der Waals surface area contributed by atoms with Gasteiger partial charge >= 0.3 is 0 Å². The molecule has 0 N–H and O–H groups in total. The van der Waals surface area contributed by atoms with Crippen LogP contribution < -0.4 is 0 Å².